The van der Waals surface area contributed by atoms with Crippen LogP contribution in [0.15, 0.2) is 42.9 Å². The third kappa shape index (κ3) is 15.7. The van der Waals surface area contributed by atoms with Crippen molar-refractivity contribution in [3.05, 3.63) is 54.1 Å². The molecule has 1 aromatic heterocycles. The van der Waals surface area contributed by atoms with Gasteiger partial charge in [0.15, 0.2) is 0 Å². The molecule has 2 aromatic rings. The predicted octanol–water partition coefficient (Wildman–Crippen LogP) is -1.65. The van der Waals surface area contributed by atoms with Gasteiger partial charge in [-0.15, -0.1) is 0 Å². The number of carbonyl (C=O) groups excluding carboxylic acids is 7. The minimum absolute atomic E-state index is 0.000183. The van der Waals surface area contributed by atoms with E-state index in [1.165, 1.54) is 24.3 Å². The summed E-state index contributed by atoms with van der Waals surface area (Å²) >= 11 is 0. The van der Waals surface area contributed by atoms with E-state index in [2.05, 4.69) is 41.9 Å². The Morgan fingerprint density at radius 2 is 1.44 bits per heavy atom. The van der Waals surface area contributed by atoms with Crippen LogP contribution in [0.2, 0.25) is 0 Å². The van der Waals surface area contributed by atoms with Crippen molar-refractivity contribution in [2.45, 2.75) is 134 Å². The Balaban J connectivity index is 1.78. The molecule has 0 radical (unpaired) electrons. The van der Waals surface area contributed by atoms with Gasteiger partial charge < -0.3 is 63.5 Å². The van der Waals surface area contributed by atoms with E-state index in [0.717, 1.165) is 0 Å². The molecular weight excluding hydrogens is 831 g/mol. The number of aliphatic carboxylic acids is 1. The average Bonchev–Trinajstić information content (AvgIpc) is 3.99. The Bertz CT molecular complexity index is 1870. The fourth-order valence-corrected chi connectivity index (χ4v) is 7.17. The van der Waals surface area contributed by atoms with Gasteiger partial charge >= 0.3 is 5.97 Å². The molecule has 0 saturated carbocycles. The lowest BCUT2D eigenvalue weighted by atomic mass is 9.96. The van der Waals surface area contributed by atoms with Crippen molar-refractivity contribution in [2.75, 3.05) is 19.7 Å². The molecule has 1 aromatic carbocycles. The summed E-state index contributed by atoms with van der Waals surface area (Å²) in [5, 5.41) is 35.3. The molecule has 13 N–H and O–H groups in total. The van der Waals surface area contributed by atoms with Crippen LogP contribution in [0.25, 0.3) is 0 Å². The number of aromatic nitrogens is 2. The van der Waals surface area contributed by atoms with Crippen LogP contribution in [0.1, 0.15) is 84.4 Å². The molecule has 1 aliphatic heterocycles. The molecule has 0 unspecified atom stereocenters. The number of H-pyrrole nitrogens is 1. The van der Waals surface area contributed by atoms with Gasteiger partial charge in [0.2, 0.25) is 41.4 Å². The average molecular weight is 898 g/mol. The van der Waals surface area contributed by atoms with Crippen LogP contribution in [-0.4, -0.2) is 140 Å². The number of unbranched alkanes of at least 4 members (excludes halogenated alkanes) is 1. The molecule has 0 bridgehead atoms. The number of nitrogens with one attached hydrogen (secondary N) is 7. The zero-order chi connectivity index (χ0) is 47.5. The number of nitrogens with two attached hydrogens (primary N) is 2. The molecule has 9 atom stereocenters. The van der Waals surface area contributed by atoms with E-state index < -0.39 is 114 Å². The lowest BCUT2D eigenvalue weighted by molar-refractivity contribution is -0.142. The van der Waals surface area contributed by atoms with Crippen LogP contribution in [0.3, 0.4) is 0 Å². The maximum atomic E-state index is 14.2. The van der Waals surface area contributed by atoms with Crippen molar-refractivity contribution in [2.24, 2.45) is 23.3 Å². The number of nitrogens with zero attached hydrogens (tertiary/aromatic N) is 2. The number of aliphatic hydroxyl groups excluding tert-OH is 1. The highest BCUT2D eigenvalue weighted by Gasteiger charge is 2.38. The van der Waals surface area contributed by atoms with Crippen molar-refractivity contribution < 1.29 is 48.6 Å². The first-order valence-electron chi connectivity index (χ1n) is 21.8. The van der Waals surface area contributed by atoms with E-state index in [1.807, 2.05) is 0 Å². The standard InChI is InChI=1S/C43H67N11O10/c1-6-25(4)35(53-37(57)30(15-10-11-17-44)49-36(56)26(5)48-39(59)33-16-12-18-54(33)42(62)29(45)22-55)41(61)50-31(20-28-21-46-23-47-28)38(58)52-34(24(2)3)40(60)51-32(43(63)64)19-27-13-8-7-9-14-27/h7-9,13-14,21,23-26,29-35,55H,6,10-12,15-20,22,44-45H2,1-5H3,(H,46,47)(H,48,59)(H,49,56)(H,50,61)(H,51,60)(H,52,58)(H,53,57)(H,63,64)/t25-,26-,29-,30-,31-,32-,33-,34-,35-/m0/s1. The molecule has 64 heavy (non-hydrogen) atoms. The largest absolute Gasteiger partial charge is 0.480 e. The van der Waals surface area contributed by atoms with E-state index in [-0.39, 0.29) is 25.8 Å². The summed E-state index contributed by atoms with van der Waals surface area (Å²) in [4.78, 5) is 116. The van der Waals surface area contributed by atoms with Crippen LogP contribution in [0, 0.1) is 11.8 Å². The maximum Gasteiger partial charge on any atom is 0.326 e. The molecule has 21 heteroatoms. The van der Waals surface area contributed by atoms with Gasteiger partial charge in [0.25, 0.3) is 0 Å². The number of carboxylic acid groups (broad SMARTS) is 1. The number of carbonyl (C=O) groups is 8. The fourth-order valence-electron chi connectivity index (χ4n) is 7.17. The molecular formula is C43H67N11O10. The van der Waals surface area contributed by atoms with Crippen LogP contribution >= 0.6 is 0 Å². The number of hydrogen-bond acceptors (Lipinski definition) is 12. The quantitative estimate of drug-likeness (QED) is 0.0473. The summed E-state index contributed by atoms with van der Waals surface area (Å²) in [5.41, 5.74) is 12.6. The number of aromatic amines is 1. The van der Waals surface area contributed by atoms with Crippen molar-refractivity contribution in [3.63, 3.8) is 0 Å². The third-order valence-electron chi connectivity index (χ3n) is 11.2. The maximum absolute atomic E-state index is 14.2. The number of benzene rings is 1. The Morgan fingerprint density at radius 3 is 2.03 bits per heavy atom. The monoisotopic (exact) mass is 898 g/mol. The molecule has 1 aliphatic rings. The van der Waals surface area contributed by atoms with E-state index in [9.17, 15) is 48.6 Å². The van der Waals surface area contributed by atoms with Gasteiger partial charge in [-0.1, -0.05) is 64.4 Å². The minimum atomic E-state index is -1.31. The molecule has 7 amide bonds. The van der Waals surface area contributed by atoms with Crippen LogP contribution in [0.5, 0.6) is 0 Å². The predicted molar refractivity (Wildman–Crippen MR) is 234 cm³/mol. The second kappa shape index (κ2) is 26.0. The zero-order valence-corrected chi connectivity index (χ0v) is 37.3. The highest BCUT2D eigenvalue weighted by atomic mass is 16.4. The smallest absolute Gasteiger partial charge is 0.326 e. The number of rotatable bonds is 26. The first-order chi connectivity index (χ1) is 30.4. The SMILES string of the molecule is CC[C@H](C)[C@H](NC(=O)[C@H](CCCCN)NC(=O)[C@H](C)NC(=O)[C@@H]1CCCN1C(=O)[C@@H](N)CO)C(=O)N[C@@H](Cc1cnc[nH]1)C(=O)N[C@H](C(=O)N[C@@H](Cc1ccccc1)C(=O)O)C(C)C. The molecule has 21 nitrogen and oxygen atoms in total. The number of aliphatic hydroxyl groups is 1. The number of amides is 7. The summed E-state index contributed by atoms with van der Waals surface area (Å²) < 4.78 is 0. The summed E-state index contributed by atoms with van der Waals surface area (Å²) in [7, 11) is 0. The molecule has 1 fully saturated rings. The molecule has 0 aliphatic carbocycles. The fraction of sp³-hybridized carbons (Fsp3) is 0.605. The summed E-state index contributed by atoms with van der Waals surface area (Å²) in [5.74, 6) is -7.08. The highest BCUT2D eigenvalue weighted by Crippen LogP contribution is 2.19. The topological polar surface area (TPSA) is 333 Å². The van der Waals surface area contributed by atoms with Gasteiger partial charge in [0.1, 0.15) is 48.3 Å². The zero-order valence-electron chi connectivity index (χ0n) is 37.3. The van der Waals surface area contributed by atoms with Gasteiger partial charge in [-0.25, -0.2) is 9.78 Å². The number of imidazole rings is 1. The molecule has 1 saturated heterocycles. The van der Waals surface area contributed by atoms with E-state index in [0.29, 0.717) is 49.9 Å². The van der Waals surface area contributed by atoms with Crippen molar-refractivity contribution in [3.8, 4) is 0 Å². The second-order valence-corrected chi connectivity index (χ2v) is 16.6. The van der Waals surface area contributed by atoms with E-state index >= 15 is 0 Å². The lowest BCUT2D eigenvalue weighted by Gasteiger charge is -2.30. The van der Waals surface area contributed by atoms with E-state index in [4.69, 9.17) is 11.5 Å². The van der Waals surface area contributed by atoms with Crippen LogP contribution in [-0.2, 0) is 51.2 Å². The highest BCUT2D eigenvalue weighted by molar-refractivity contribution is 5.97. The second-order valence-electron chi connectivity index (χ2n) is 16.6. The molecule has 2 heterocycles. The van der Waals surface area contributed by atoms with Crippen LogP contribution in [0.4, 0.5) is 0 Å². The summed E-state index contributed by atoms with van der Waals surface area (Å²) in [6.07, 6.45) is 5.09. The molecule has 3 rings (SSSR count). The number of carboxylic acids is 1. The van der Waals surface area contributed by atoms with Gasteiger partial charge in [-0.05, 0) is 63.0 Å². The normalized spacial score (nSPS) is 17.4. The van der Waals surface area contributed by atoms with Crippen molar-refractivity contribution in [1.29, 1.82) is 0 Å². The van der Waals surface area contributed by atoms with Gasteiger partial charge in [-0.2, -0.15) is 0 Å². The molecule has 354 valence electrons. The Hall–Kier alpha value is -5.93. The Kier molecular flexibility index (Phi) is 21.3. The third-order valence-corrected chi connectivity index (χ3v) is 11.2. The van der Waals surface area contributed by atoms with Gasteiger partial charge in [0, 0.05) is 31.3 Å². The van der Waals surface area contributed by atoms with Crippen LogP contribution < -0.4 is 43.4 Å². The lowest BCUT2D eigenvalue weighted by Crippen LogP contribution is -2.61. The van der Waals surface area contributed by atoms with Gasteiger partial charge in [0.05, 0.1) is 12.9 Å². The van der Waals surface area contributed by atoms with Crippen molar-refractivity contribution in [1.82, 2.24) is 46.8 Å². The number of hydrogen-bond donors (Lipinski definition) is 11. The Labute approximate surface area is 373 Å². The van der Waals surface area contributed by atoms with Crippen molar-refractivity contribution >= 4 is 47.3 Å². The van der Waals surface area contributed by atoms with E-state index in [1.54, 1.807) is 58.0 Å². The first kappa shape index (κ1) is 52.4. The molecule has 0 spiro atoms. The number of likely N-dealkylation sites (tertiary alicyclic amines) is 1. The van der Waals surface area contributed by atoms with Gasteiger partial charge in [-0.3, -0.25) is 33.6 Å². The Morgan fingerprint density at radius 1 is 0.812 bits per heavy atom. The minimum Gasteiger partial charge on any atom is -0.480 e. The first-order valence-corrected chi connectivity index (χ1v) is 21.8. The summed E-state index contributed by atoms with van der Waals surface area (Å²) in [6, 6.07) is -0.675. The summed E-state index contributed by atoms with van der Waals surface area (Å²) in [6.45, 7) is 8.29.